The van der Waals surface area contributed by atoms with Crippen LogP contribution in [0.3, 0.4) is 0 Å². The number of aryl methyl sites for hydroxylation is 1. The first-order valence-electron chi connectivity index (χ1n) is 5.77. The Morgan fingerprint density at radius 3 is 2.50 bits per heavy atom. The van der Waals surface area contributed by atoms with Crippen molar-refractivity contribution in [2.24, 2.45) is 5.73 Å². The van der Waals surface area contributed by atoms with Crippen LogP contribution in [0.15, 0.2) is 6.07 Å². The Morgan fingerprint density at radius 1 is 1.38 bits per heavy atom. The summed E-state index contributed by atoms with van der Waals surface area (Å²) in [5, 5.41) is 0. The zero-order valence-corrected chi connectivity index (χ0v) is 10.5. The molecule has 2 N–H and O–H groups in total. The van der Waals surface area contributed by atoms with Crippen LogP contribution >= 0.6 is 0 Å². The molecule has 0 saturated carbocycles. The van der Waals surface area contributed by atoms with E-state index >= 15 is 0 Å². The Morgan fingerprint density at radius 2 is 2.00 bits per heavy atom. The molecule has 0 atom stereocenters. The van der Waals surface area contributed by atoms with Crippen LogP contribution in [0.2, 0.25) is 0 Å². The van der Waals surface area contributed by atoms with Crippen LogP contribution < -0.4 is 10.6 Å². The third-order valence-corrected chi connectivity index (χ3v) is 2.80. The molecule has 1 aromatic heterocycles. The second-order valence-electron chi connectivity index (χ2n) is 5.39. The first kappa shape index (κ1) is 11.3. The van der Waals surface area contributed by atoms with E-state index in [0.29, 0.717) is 5.92 Å². The zero-order chi connectivity index (χ0) is 11.9. The van der Waals surface area contributed by atoms with Gasteiger partial charge in [-0.3, -0.25) is 0 Å². The molecule has 4 nitrogen and oxygen atoms in total. The third kappa shape index (κ3) is 2.16. The van der Waals surface area contributed by atoms with Crippen LogP contribution in [0, 0.1) is 6.92 Å². The molecule has 0 spiro atoms. The summed E-state index contributed by atoms with van der Waals surface area (Å²) >= 11 is 0. The monoisotopic (exact) mass is 220 g/mol. The van der Waals surface area contributed by atoms with Gasteiger partial charge in [-0.2, -0.15) is 0 Å². The lowest BCUT2D eigenvalue weighted by Gasteiger charge is -2.46. The highest BCUT2D eigenvalue weighted by atomic mass is 15.3. The van der Waals surface area contributed by atoms with Crippen LogP contribution in [0.1, 0.15) is 38.2 Å². The predicted octanol–water partition coefficient (Wildman–Crippen LogP) is 1.45. The molecule has 2 rings (SSSR count). The van der Waals surface area contributed by atoms with Crippen molar-refractivity contribution < 1.29 is 0 Å². The topological polar surface area (TPSA) is 55.0 Å². The number of hydrogen-bond donors (Lipinski definition) is 1. The fourth-order valence-corrected chi connectivity index (χ4v) is 1.98. The number of aromatic nitrogens is 2. The van der Waals surface area contributed by atoms with Crippen molar-refractivity contribution in [3.05, 3.63) is 17.6 Å². The minimum absolute atomic E-state index is 0.0587. The van der Waals surface area contributed by atoms with E-state index in [4.69, 9.17) is 5.73 Å². The Hall–Kier alpha value is -1.16. The lowest BCUT2D eigenvalue weighted by atomic mass is 9.94. The Labute approximate surface area is 96.9 Å². The second-order valence-corrected chi connectivity index (χ2v) is 5.39. The van der Waals surface area contributed by atoms with E-state index in [1.807, 2.05) is 13.0 Å². The molecule has 0 aromatic carbocycles. The first-order chi connectivity index (χ1) is 7.37. The van der Waals surface area contributed by atoms with Crippen molar-refractivity contribution in [3.8, 4) is 0 Å². The van der Waals surface area contributed by atoms with Crippen LogP contribution in [0.5, 0.6) is 0 Å². The van der Waals surface area contributed by atoms with Crippen molar-refractivity contribution in [2.45, 2.75) is 39.2 Å². The van der Waals surface area contributed by atoms with Crippen LogP contribution in [0.4, 0.5) is 5.82 Å². The summed E-state index contributed by atoms with van der Waals surface area (Å²) in [5.41, 5.74) is 6.97. The van der Waals surface area contributed by atoms with Gasteiger partial charge in [-0.15, -0.1) is 0 Å². The zero-order valence-electron chi connectivity index (χ0n) is 10.5. The predicted molar refractivity (Wildman–Crippen MR) is 65.7 cm³/mol. The van der Waals surface area contributed by atoms with Crippen molar-refractivity contribution in [1.29, 1.82) is 0 Å². The van der Waals surface area contributed by atoms with Gasteiger partial charge in [0.2, 0.25) is 0 Å². The first-order valence-corrected chi connectivity index (χ1v) is 5.77. The summed E-state index contributed by atoms with van der Waals surface area (Å²) < 4.78 is 0. The van der Waals surface area contributed by atoms with Crippen molar-refractivity contribution in [3.63, 3.8) is 0 Å². The molecule has 0 aliphatic carbocycles. The molecule has 88 valence electrons. The van der Waals surface area contributed by atoms with Gasteiger partial charge in [-0.25, -0.2) is 9.97 Å². The SMILES string of the molecule is Cc1cc(N2CC(C)(N)C2)nc(C(C)C)n1. The summed E-state index contributed by atoms with van der Waals surface area (Å²) in [4.78, 5) is 11.2. The van der Waals surface area contributed by atoms with Gasteiger partial charge in [-0.05, 0) is 13.8 Å². The molecule has 16 heavy (non-hydrogen) atoms. The molecule has 0 unspecified atom stereocenters. The average Bonchev–Trinajstić information content (AvgIpc) is 2.12. The van der Waals surface area contributed by atoms with E-state index in [1.165, 1.54) is 0 Å². The van der Waals surface area contributed by atoms with Crippen molar-refractivity contribution in [2.75, 3.05) is 18.0 Å². The van der Waals surface area contributed by atoms with Gasteiger partial charge >= 0.3 is 0 Å². The van der Waals surface area contributed by atoms with Crippen molar-refractivity contribution in [1.82, 2.24) is 9.97 Å². The third-order valence-electron chi connectivity index (χ3n) is 2.80. The van der Waals surface area contributed by atoms with Gasteiger partial charge in [0.25, 0.3) is 0 Å². The Bertz CT molecular complexity index is 390. The highest BCUT2D eigenvalue weighted by molar-refractivity contribution is 5.45. The maximum Gasteiger partial charge on any atom is 0.133 e. The summed E-state index contributed by atoms with van der Waals surface area (Å²) in [6.45, 7) is 10.1. The maximum absolute atomic E-state index is 6.00. The molecular formula is C12H20N4. The number of anilines is 1. The summed E-state index contributed by atoms with van der Waals surface area (Å²) in [7, 11) is 0. The van der Waals surface area contributed by atoms with E-state index in [9.17, 15) is 0 Å². The average molecular weight is 220 g/mol. The fourth-order valence-electron chi connectivity index (χ4n) is 1.98. The van der Waals surface area contributed by atoms with Gasteiger partial charge in [0, 0.05) is 36.3 Å². The van der Waals surface area contributed by atoms with Gasteiger partial charge in [0.05, 0.1) is 0 Å². The quantitative estimate of drug-likeness (QED) is 0.819. The smallest absolute Gasteiger partial charge is 0.133 e. The normalized spacial score (nSPS) is 18.8. The van der Waals surface area contributed by atoms with Gasteiger partial charge in [0.15, 0.2) is 0 Å². The molecule has 1 saturated heterocycles. The number of nitrogens with two attached hydrogens (primary N) is 1. The fraction of sp³-hybridized carbons (Fsp3) is 0.667. The largest absolute Gasteiger partial charge is 0.353 e. The van der Waals surface area contributed by atoms with Crippen LogP contribution in [-0.2, 0) is 0 Å². The summed E-state index contributed by atoms with van der Waals surface area (Å²) in [6, 6.07) is 2.03. The second kappa shape index (κ2) is 3.70. The van der Waals surface area contributed by atoms with Crippen LogP contribution in [-0.4, -0.2) is 28.6 Å². The molecular weight excluding hydrogens is 200 g/mol. The van der Waals surface area contributed by atoms with E-state index < -0.39 is 0 Å². The minimum atomic E-state index is -0.0587. The van der Waals surface area contributed by atoms with Gasteiger partial charge in [0.1, 0.15) is 11.6 Å². The van der Waals surface area contributed by atoms with E-state index in [2.05, 4.69) is 35.6 Å². The number of nitrogens with zero attached hydrogens (tertiary/aromatic N) is 3. The molecule has 4 heteroatoms. The van der Waals surface area contributed by atoms with Gasteiger partial charge < -0.3 is 10.6 Å². The molecule has 1 aliphatic rings. The van der Waals surface area contributed by atoms with E-state index in [0.717, 1.165) is 30.4 Å². The summed E-state index contributed by atoms with van der Waals surface area (Å²) in [6.07, 6.45) is 0. The molecule has 1 fully saturated rings. The van der Waals surface area contributed by atoms with E-state index in [-0.39, 0.29) is 5.54 Å². The number of hydrogen-bond acceptors (Lipinski definition) is 4. The Kier molecular flexibility index (Phi) is 2.62. The number of rotatable bonds is 2. The minimum Gasteiger partial charge on any atom is -0.353 e. The molecule has 1 aliphatic heterocycles. The van der Waals surface area contributed by atoms with Crippen molar-refractivity contribution >= 4 is 5.82 Å². The lowest BCUT2D eigenvalue weighted by Crippen LogP contribution is -2.65. The highest BCUT2D eigenvalue weighted by Crippen LogP contribution is 2.25. The molecule has 2 heterocycles. The lowest BCUT2D eigenvalue weighted by molar-refractivity contribution is 0.362. The molecule has 0 amide bonds. The maximum atomic E-state index is 6.00. The van der Waals surface area contributed by atoms with Gasteiger partial charge in [-0.1, -0.05) is 13.8 Å². The Balaban J connectivity index is 2.22. The summed E-state index contributed by atoms with van der Waals surface area (Å²) in [5.74, 6) is 2.30. The molecule has 0 radical (unpaired) electrons. The molecule has 1 aromatic rings. The molecule has 0 bridgehead atoms. The standard InChI is InChI=1S/C12H20N4/c1-8(2)11-14-9(3)5-10(15-11)16-6-12(4,13)7-16/h5,8H,6-7,13H2,1-4H3. The van der Waals surface area contributed by atoms with Crippen LogP contribution in [0.25, 0.3) is 0 Å². The van der Waals surface area contributed by atoms with E-state index in [1.54, 1.807) is 0 Å². The highest BCUT2D eigenvalue weighted by Gasteiger charge is 2.35.